The molecule has 0 amide bonds. The number of benzene rings is 4. The monoisotopic (exact) mass is 910 g/mol. The molecule has 4 aromatic rings. The lowest BCUT2D eigenvalue weighted by Gasteiger charge is -2.43. The molecule has 60 heavy (non-hydrogen) atoms. The molecule has 0 N–H and O–H groups in total. The molecular weight excluding hydrogens is 870 g/mol. The Balaban J connectivity index is 1.57. The first-order valence-electron chi connectivity index (χ1n) is 18.3. The lowest BCUT2D eigenvalue weighted by atomic mass is 9.86. The summed E-state index contributed by atoms with van der Waals surface area (Å²) in [5, 5.41) is 2.14. The molecule has 0 aliphatic carbocycles. The molecule has 4 rings (SSSR count). The van der Waals surface area contributed by atoms with E-state index in [2.05, 4.69) is 0 Å². The van der Waals surface area contributed by atoms with Crippen molar-refractivity contribution in [3.63, 3.8) is 0 Å². The van der Waals surface area contributed by atoms with E-state index in [9.17, 15) is 70.2 Å². The van der Waals surface area contributed by atoms with Crippen LogP contribution in [-0.4, -0.2) is 59.7 Å². The minimum absolute atomic E-state index is 0.466. The van der Waals surface area contributed by atoms with Gasteiger partial charge in [-0.05, 0) is 112 Å². The van der Waals surface area contributed by atoms with Gasteiger partial charge in [0.15, 0.2) is 0 Å². The van der Waals surface area contributed by atoms with E-state index < -0.39 is 101 Å². The van der Waals surface area contributed by atoms with Crippen LogP contribution in [0.4, 0.5) is 70.2 Å². The number of hydrogen-bond acceptors (Lipinski definition) is 0. The molecule has 4 aromatic carbocycles. The third-order valence-corrected chi connectivity index (χ3v) is 16.1. The molecule has 0 aliphatic heterocycles. The van der Waals surface area contributed by atoms with Crippen molar-refractivity contribution in [3.8, 4) is 0 Å². The Morgan fingerprint density at radius 3 is 0.733 bits per heavy atom. The highest BCUT2D eigenvalue weighted by Crippen LogP contribution is 2.64. The van der Waals surface area contributed by atoms with Gasteiger partial charge in [0.25, 0.3) is 0 Å². The Morgan fingerprint density at radius 1 is 0.317 bits per heavy atom. The van der Waals surface area contributed by atoms with Crippen molar-refractivity contribution in [3.05, 3.63) is 119 Å². The maximum atomic E-state index is 15.0. The van der Waals surface area contributed by atoms with Crippen molar-refractivity contribution in [2.45, 2.75) is 101 Å². The zero-order valence-electron chi connectivity index (χ0n) is 32.4. The molecular formula is C42H40F16P2. The number of aryl methyl sites for hydroxylation is 4. The molecule has 0 radical (unpaired) electrons. The van der Waals surface area contributed by atoms with Gasteiger partial charge in [-0.3, -0.25) is 0 Å². The second-order valence-corrected chi connectivity index (χ2v) is 19.0. The Bertz CT molecular complexity index is 1840. The number of halogens is 16. The highest BCUT2D eigenvalue weighted by Gasteiger charge is 2.94. The van der Waals surface area contributed by atoms with Crippen LogP contribution in [0.15, 0.2) is 97.1 Å². The molecule has 0 saturated carbocycles. The molecule has 18 heteroatoms. The van der Waals surface area contributed by atoms with Crippen molar-refractivity contribution in [1.82, 2.24) is 0 Å². The number of hydrogen-bond donors (Lipinski definition) is 0. The van der Waals surface area contributed by atoms with Gasteiger partial charge in [-0.25, -0.2) is 0 Å². The first-order valence-corrected chi connectivity index (χ1v) is 21.4. The lowest BCUT2D eigenvalue weighted by Crippen LogP contribution is -2.74. The van der Waals surface area contributed by atoms with Crippen LogP contribution in [0, 0.1) is 27.7 Å². The van der Waals surface area contributed by atoms with E-state index in [1.807, 2.05) is 0 Å². The molecule has 0 aromatic heterocycles. The van der Waals surface area contributed by atoms with E-state index >= 15 is 0 Å². The lowest BCUT2D eigenvalue weighted by molar-refractivity contribution is -0.453. The summed E-state index contributed by atoms with van der Waals surface area (Å²) in [6.45, 7) is 6.50. The summed E-state index contributed by atoms with van der Waals surface area (Å²) >= 11 is 0. The first-order chi connectivity index (χ1) is 27.5. The zero-order chi connectivity index (χ0) is 45.3. The minimum Gasteiger partial charge on any atom is -0.200 e. The normalized spacial score (nSPS) is 14.0. The third-order valence-electron chi connectivity index (χ3n) is 10.3. The fourth-order valence-electron chi connectivity index (χ4n) is 6.69. The van der Waals surface area contributed by atoms with Crippen LogP contribution in [-0.2, 0) is 0 Å². The topological polar surface area (TPSA) is 0 Å². The van der Waals surface area contributed by atoms with Crippen molar-refractivity contribution in [2.75, 3.05) is 12.3 Å². The summed E-state index contributed by atoms with van der Waals surface area (Å²) in [5.41, 5.74) is 2.43. The van der Waals surface area contributed by atoms with Crippen LogP contribution < -0.4 is 21.2 Å². The van der Waals surface area contributed by atoms with Gasteiger partial charge in [0.1, 0.15) is 0 Å². The van der Waals surface area contributed by atoms with Crippen LogP contribution in [0.5, 0.6) is 0 Å². The van der Waals surface area contributed by atoms with Crippen molar-refractivity contribution >= 4 is 37.1 Å². The summed E-state index contributed by atoms with van der Waals surface area (Å²) < 4.78 is 238. The van der Waals surface area contributed by atoms with Gasteiger partial charge < -0.3 is 0 Å². The standard InChI is InChI=1S/C42H40F16P2/c1-27-15-5-9-19-31(27)59(32-20-10-6-16-28(32)2)25-13-23-35(43,44)37(47,48)39(51,52)41(55,56)42(57,58)40(53,54)38(49,50)36(45,46)24-14-26-60(33-21-11-7-17-29(33)3)34-22-12-8-18-30(34)4/h5-12,15-22H,13-14,23-26H2,1-4H3. The Labute approximate surface area is 339 Å². The van der Waals surface area contributed by atoms with E-state index in [1.165, 1.54) is 0 Å². The van der Waals surface area contributed by atoms with E-state index in [-0.39, 0.29) is 0 Å². The smallest absolute Gasteiger partial charge is 0.200 e. The molecule has 0 bridgehead atoms. The molecule has 0 aliphatic rings. The maximum Gasteiger partial charge on any atom is 0.384 e. The summed E-state index contributed by atoms with van der Waals surface area (Å²) in [4.78, 5) is 0. The highest BCUT2D eigenvalue weighted by molar-refractivity contribution is 7.73. The van der Waals surface area contributed by atoms with Gasteiger partial charge in [-0.1, -0.05) is 97.1 Å². The fourth-order valence-corrected chi connectivity index (χ4v) is 12.2. The Morgan fingerprint density at radius 2 is 0.517 bits per heavy atom. The SMILES string of the molecule is Cc1ccccc1P(CCCC(F)(F)C(F)(F)C(F)(F)C(F)(F)C(F)(F)C(F)(F)C(F)(F)C(F)(F)CCCP(c1ccccc1C)c1ccccc1C)c1ccccc1C. The second kappa shape index (κ2) is 17.8. The van der Waals surface area contributed by atoms with E-state index in [4.69, 9.17) is 0 Å². The predicted molar refractivity (Wildman–Crippen MR) is 205 cm³/mol. The van der Waals surface area contributed by atoms with Gasteiger partial charge in [0.2, 0.25) is 0 Å². The third kappa shape index (κ3) is 8.80. The highest BCUT2D eigenvalue weighted by atomic mass is 31.1. The molecule has 0 fully saturated rings. The van der Waals surface area contributed by atoms with E-state index in [0.717, 1.165) is 0 Å². The Kier molecular flexibility index (Phi) is 14.6. The molecule has 0 spiro atoms. The van der Waals surface area contributed by atoms with Crippen molar-refractivity contribution in [2.24, 2.45) is 0 Å². The molecule has 0 atom stereocenters. The maximum absolute atomic E-state index is 15.0. The number of alkyl halides is 16. The summed E-state index contributed by atoms with van der Waals surface area (Å²) in [6.07, 6.45) is -7.97. The van der Waals surface area contributed by atoms with Gasteiger partial charge in [-0.2, -0.15) is 70.2 Å². The van der Waals surface area contributed by atoms with E-state index in [0.29, 0.717) is 43.5 Å². The van der Waals surface area contributed by atoms with Crippen LogP contribution in [0.2, 0.25) is 0 Å². The van der Waals surface area contributed by atoms with E-state index in [1.54, 1.807) is 125 Å². The predicted octanol–water partition coefficient (Wildman–Crippen LogP) is 13.1. The average Bonchev–Trinajstić information content (AvgIpc) is 3.16. The largest absolute Gasteiger partial charge is 0.384 e. The number of rotatable bonds is 19. The molecule has 0 nitrogen and oxygen atoms in total. The van der Waals surface area contributed by atoms with Gasteiger partial charge >= 0.3 is 47.4 Å². The first kappa shape index (κ1) is 49.3. The van der Waals surface area contributed by atoms with Crippen LogP contribution in [0.1, 0.15) is 47.9 Å². The summed E-state index contributed by atoms with van der Waals surface area (Å²) in [7, 11) is -3.42. The quantitative estimate of drug-likeness (QED) is 0.0650. The minimum atomic E-state index is -8.45. The molecule has 0 unspecified atom stereocenters. The van der Waals surface area contributed by atoms with Crippen molar-refractivity contribution in [1.29, 1.82) is 0 Å². The molecule has 0 saturated heterocycles. The molecule has 330 valence electrons. The van der Waals surface area contributed by atoms with Gasteiger partial charge in [-0.15, -0.1) is 0 Å². The summed E-state index contributed by atoms with van der Waals surface area (Å²) in [6, 6.07) is 25.5. The fraction of sp³-hybridized carbons (Fsp3) is 0.429. The molecule has 0 heterocycles. The van der Waals surface area contributed by atoms with Crippen LogP contribution in [0.3, 0.4) is 0 Å². The van der Waals surface area contributed by atoms with Crippen molar-refractivity contribution < 1.29 is 70.2 Å². The Hall–Kier alpha value is -3.38. The average molecular weight is 911 g/mol. The van der Waals surface area contributed by atoms with Gasteiger partial charge in [0, 0.05) is 12.8 Å². The van der Waals surface area contributed by atoms with Gasteiger partial charge in [0.05, 0.1) is 0 Å². The van der Waals surface area contributed by atoms with Crippen LogP contribution in [0.25, 0.3) is 0 Å². The zero-order valence-corrected chi connectivity index (χ0v) is 34.2. The second-order valence-electron chi connectivity index (χ2n) is 14.5. The van der Waals surface area contributed by atoms with Crippen LogP contribution >= 0.6 is 15.8 Å². The summed E-state index contributed by atoms with van der Waals surface area (Å²) in [5.74, 6) is -61.2.